The van der Waals surface area contributed by atoms with Gasteiger partial charge in [-0.1, -0.05) is 37.1 Å². The highest BCUT2D eigenvalue weighted by Gasteiger charge is 2.44. The maximum absolute atomic E-state index is 12.8. The van der Waals surface area contributed by atoms with E-state index in [4.69, 9.17) is 19.3 Å². The number of carbonyl (C=O) groups excluding carboxylic acids is 2. The topological polar surface area (TPSA) is 99.1 Å². The summed E-state index contributed by atoms with van der Waals surface area (Å²) in [5.41, 5.74) is 2.46. The van der Waals surface area contributed by atoms with Crippen molar-refractivity contribution in [2.45, 2.75) is 79.2 Å². The zero-order chi connectivity index (χ0) is 25.1. The Morgan fingerprint density at radius 1 is 1.06 bits per heavy atom. The Bertz CT molecular complexity index is 790. The fraction of sp³-hybridized carbons (Fsp3) is 0.654. The molecule has 0 spiro atoms. The first kappa shape index (κ1) is 28.5. The van der Waals surface area contributed by atoms with Gasteiger partial charge in [0.2, 0.25) is 11.5 Å². The van der Waals surface area contributed by atoms with Gasteiger partial charge in [0.15, 0.2) is 11.9 Å². The summed E-state index contributed by atoms with van der Waals surface area (Å²) in [4.78, 5) is 35.4. The first-order valence-corrected chi connectivity index (χ1v) is 11.6. The second-order valence-corrected chi connectivity index (χ2v) is 8.96. The minimum atomic E-state index is -0.742. The molecule has 7 nitrogen and oxygen atoms in total. The molecule has 1 N–H and O–H groups in total. The standard InChI is InChI=1S/C26H40O7/c1-16(12-9-13-18(3)26(29)30)10-8-11-17(2)14-15-21-19(4)22(28)24(31-6)25(32-7)23(21)33-20(5)27/h10,14,18-19,21,23H,8-9,11-13,15H2,1-7H3,(H,29,30)/b16-10+,17-14+/t18?,19-,21-,23-/m1/s1. The van der Waals surface area contributed by atoms with Crippen molar-refractivity contribution >= 4 is 17.7 Å². The number of methoxy groups -OCH3 is 2. The molecule has 0 heterocycles. The van der Waals surface area contributed by atoms with Crippen molar-refractivity contribution < 1.29 is 33.7 Å². The van der Waals surface area contributed by atoms with E-state index >= 15 is 0 Å². The SMILES string of the molecule is COC1=C(OC)[C@H](OC(C)=O)[C@H](C/C=C(\C)CC/C=C(\C)CCCC(C)C(=O)O)[C@@H](C)C1=O. The average molecular weight is 465 g/mol. The van der Waals surface area contributed by atoms with Crippen molar-refractivity contribution in [2.75, 3.05) is 14.2 Å². The van der Waals surface area contributed by atoms with E-state index in [2.05, 4.69) is 26.0 Å². The van der Waals surface area contributed by atoms with Crippen LogP contribution in [0.4, 0.5) is 0 Å². The fourth-order valence-corrected chi connectivity index (χ4v) is 4.06. The number of Topliss-reactive ketones (excluding diaryl/α,β-unsaturated/α-hetero) is 1. The van der Waals surface area contributed by atoms with Gasteiger partial charge in [-0.2, -0.15) is 0 Å². The lowest BCUT2D eigenvalue weighted by Crippen LogP contribution is -2.42. The third-order valence-corrected chi connectivity index (χ3v) is 6.27. The number of carbonyl (C=O) groups is 3. The van der Waals surface area contributed by atoms with Crippen LogP contribution in [-0.2, 0) is 28.6 Å². The normalized spacial score (nSPS) is 22.8. The van der Waals surface area contributed by atoms with Gasteiger partial charge in [-0.25, -0.2) is 0 Å². The van der Waals surface area contributed by atoms with Crippen LogP contribution in [0.15, 0.2) is 34.8 Å². The minimum Gasteiger partial charge on any atom is -0.493 e. The number of ketones is 1. The first-order chi connectivity index (χ1) is 15.5. The molecule has 1 rings (SSSR count). The van der Waals surface area contributed by atoms with Gasteiger partial charge in [0.25, 0.3) is 0 Å². The van der Waals surface area contributed by atoms with E-state index in [1.807, 2.05) is 6.92 Å². The van der Waals surface area contributed by atoms with Crippen LogP contribution < -0.4 is 0 Å². The number of hydrogen-bond donors (Lipinski definition) is 1. The van der Waals surface area contributed by atoms with Crippen LogP contribution in [0, 0.1) is 17.8 Å². The number of hydrogen-bond acceptors (Lipinski definition) is 6. The number of aliphatic carboxylic acids is 1. The molecule has 0 aromatic heterocycles. The van der Waals surface area contributed by atoms with Crippen LogP contribution in [0.2, 0.25) is 0 Å². The summed E-state index contributed by atoms with van der Waals surface area (Å²) in [5.74, 6) is -1.86. The highest BCUT2D eigenvalue weighted by molar-refractivity contribution is 5.97. The van der Waals surface area contributed by atoms with E-state index in [0.29, 0.717) is 12.8 Å². The Labute approximate surface area is 197 Å². The molecular formula is C26H40O7. The lowest BCUT2D eigenvalue weighted by Gasteiger charge is -2.35. The summed E-state index contributed by atoms with van der Waals surface area (Å²) in [6.07, 6.45) is 8.45. The summed E-state index contributed by atoms with van der Waals surface area (Å²) in [6.45, 7) is 9.05. The largest absolute Gasteiger partial charge is 0.493 e. The van der Waals surface area contributed by atoms with Crippen LogP contribution in [0.5, 0.6) is 0 Å². The molecule has 0 saturated heterocycles. The molecule has 1 unspecified atom stereocenters. The van der Waals surface area contributed by atoms with Crippen molar-refractivity contribution in [2.24, 2.45) is 17.8 Å². The Morgan fingerprint density at radius 3 is 2.24 bits per heavy atom. The minimum absolute atomic E-state index is 0.117. The molecule has 4 atom stereocenters. The fourth-order valence-electron chi connectivity index (χ4n) is 4.06. The Morgan fingerprint density at radius 2 is 1.70 bits per heavy atom. The van der Waals surface area contributed by atoms with E-state index < -0.39 is 18.0 Å². The van der Waals surface area contributed by atoms with Crippen LogP contribution in [0.25, 0.3) is 0 Å². The number of ether oxygens (including phenoxy) is 3. The molecule has 0 radical (unpaired) electrons. The summed E-state index contributed by atoms with van der Waals surface area (Å²) in [7, 11) is 2.86. The highest BCUT2D eigenvalue weighted by atomic mass is 16.6. The maximum Gasteiger partial charge on any atom is 0.306 e. The summed E-state index contributed by atoms with van der Waals surface area (Å²) in [5, 5.41) is 8.96. The van der Waals surface area contributed by atoms with Crippen molar-refractivity contribution in [1.29, 1.82) is 0 Å². The van der Waals surface area contributed by atoms with Crippen LogP contribution >= 0.6 is 0 Å². The van der Waals surface area contributed by atoms with Crippen molar-refractivity contribution in [3.8, 4) is 0 Å². The summed E-state index contributed by atoms with van der Waals surface area (Å²) >= 11 is 0. The number of carboxylic acid groups (broad SMARTS) is 1. The van der Waals surface area contributed by atoms with E-state index in [1.54, 1.807) is 6.92 Å². The van der Waals surface area contributed by atoms with Gasteiger partial charge in [0, 0.05) is 18.8 Å². The first-order valence-electron chi connectivity index (χ1n) is 11.6. The van der Waals surface area contributed by atoms with Gasteiger partial charge in [-0.05, 0) is 52.4 Å². The lowest BCUT2D eigenvalue weighted by molar-refractivity contribution is -0.153. The van der Waals surface area contributed by atoms with Crippen molar-refractivity contribution in [3.63, 3.8) is 0 Å². The molecule has 33 heavy (non-hydrogen) atoms. The van der Waals surface area contributed by atoms with Gasteiger partial charge < -0.3 is 19.3 Å². The van der Waals surface area contributed by atoms with Gasteiger partial charge >= 0.3 is 11.9 Å². The van der Waals surface area contributed by atoms with Gasteiger partial charge in [-0.15, -0.1) is 0 Å². The Kier molecular flexibility index (Phi) is 12.0. The number of esters is 1. The Balaban J connectivity index is 2.75. The highest BCUT2D eigenvalue weighted by Crippen LogP contribution is 2.37. The smallest absolute Gasteiger partial charge is 0.306 e. The molecule has 186 valence electrons. The molecule has 0 aromatic rings. The average Bonchev–Trinajstić information content (AvgIpc) is 2.75. The molecule has 0 amide bonds. The van der Waals surface area contributed by atoms with Gasteiger partial charge in [0.05, 0.1) is 20.1 Å². The van der Waals surface area contributed by atoms with E-state index in [0.717, 1.165) is 25.7 Å². The van der Waals surface area contributed by atoms with E-state index in [1.165, 1.54) is 32.3 Å². The number of allylic oxidation sites excluding steroid dienone is 5. The monoisotopic (exact) mass is 464 g/mol. The zero-order valence-corrected chi connectivity index (χ0v) is 21.1. The number of rotatable bonds is 13. The van der Waals surface area contributed by atoms with E-state index in [-0.39, 0.29) is 35.1 Å². The van der Waals surface area contributed by atoms with Crippen LogP contribution in [-0.4, -0.2) is 43.2 Å². The van der Waals surface area contributed by atoms with E-state index in [9.17, 15) is 14.4 Å². The second-order valence-electron chi connectivity index (χ2n) is 8.96. The van der Waals surface area contributed by atoms with Gasteiger partial charge in [0.1, 0.15) is 0 Å². The summed E-state index contributed by atoms with van der Waals surface area (Å²) < 4.78 is 16.2. The van der Waals surface area contributed by atoms with Crippen molar-refractivity contribution in [1.82, 2.24) is 0 Å². The van der Waals surface area contributed by atoms with Crippen molar-refractivity contribution in [3.05, 3.63) is 34.8 Å². The molecule has 0 aliphatic heterocycles. The molecule has 1 aliphatic carbocycles. The summed E-state index contributed by atoms with van der Waals surface area (Å²) in [6, 6.07) is 0. The quantitative estimate of drug-likeness (QED) is 0.295. The number of carboxylic acids is 1. The van der Waals surface area contributed by atoms with Gasteiger partial charge in [-0.3, -0.25) is 14.4 Å². The third kappa shape index (κ3) is 8.71. The Hall–Kier alpha value is -2.57. The molecule has 0 aromatic carbocycles. The third-order valence-electron chi connectivity index (χ3n) is 6.27. The molecule has 0 saturated carbocycles. The second kappa shape index (κ2) is 13.9. The molecule has 0 fully saturated rings. The molecule has 7 heteroatoms. The maximum atomic E-state index is 12.8. The molecular weight excluding hydrogens is 424 g/mol. The zero-order valence-electron chi connectivity index (χ0n) is 21.1. The molecule has 1 aliphatic rings. The lowest BCUT2D eigenvalue weighted by atomic mass is 9.77. The predicted octanol–water partition coefficient (Wildman–Crippen LogP) is 5.21. The van der Waals surface area contributed by atoms with Crippen LogP contribution in [0.3, 0.4) is 0 Å². The van der Waals surface area contributed by atoms with Crippen LogP contribution in [0.1, 0.15) is 73.1 Å². The predicted molar refractivity (Wildman–Crippen MR) is 126 cm³/mol. The molecule has 0 bridgehead atoms.